The molecule has 2 aliphatic rings. The highest BCUT2D eigenvalue weighted by Crippen LogP contribution is 2.25. The first-order chi connectivity index (χ1) is 13.2. The molecule has 3 amide bonds. The Morgan fingerprint density at radius 1 is 0.867 bits per heavy atom. The number of rotatable bonds is 4. The minimum Gasteiger partial charge on any atom is -0.480 e. The molecule has 8 heteroatoms. The smallest absolute Gasteiger partial charge is 0.326 e. The second-order valence-corrected chi connectivity index (χ2v) is 6.60. The van der Waals surface area contributed by atoms with Crippen molar-refractivity contribution in [2.45, 2.75) is 91.4 Å². The summed E-state index contributed by atoms with van der Waals surface area (Å²) in [7, 11) is 0. The van der Waals surface area contributed by atoms with Crippen LogP contribution in [0.3, 0.4) is 0 Å². The summed E-state index contributed by atoms with van der Waals surface area (Å²) in [6, 6.07) is -1.85. The van der Waals surface area contributed by atoms with Gasteiger partial charge in [-0.05, 0) is 25.7 Å². The fourth-order valence-corrected chi connectivity index (χ4v) is 3.53. The van der Waals surface area contributed by atoms with Crippen molar-refractivity contribution in [1.29, 1.82) is 0 Å². The van der Waals surface area contributed by atoms with Crippen LogP contribution in [0.4, 0.5) is 0 Å². The number of carbonyl (C=O) groups is 4. The van der Waals surface area contributed by atoms with E-state index in [9.17, 15) is 19.2 Å². The largest absolute Gasteiger partial charge is 0.480 e. The first-order valence-corrected chi connectivity index (χ1v) is 9.30. The van der Waals surface area contributed by atoms with Crippen molar-refractivity contribution >= 4 is 23.7 Å². The minimum atomic E-state index is -0.968. The lowest BCUT2D eigenvalue weighted by Gasteiger charge is -2.25. The summed E-state index contributed by atoms with van der Waals surface area (Å²) in [6.07, 6.45) is 13.4. The number of nitrogens with zero attached hydrogens (tertiary/aromatic N) is 2. The molecule has 0 unspecified atom stereocenters. The molecule has 0 aromatic carbocycles. The topological polar surface area (TPSA) is 121 Å². The third-order valence-corrected chi connectivity index (χ3v) is 4.95. The van der Waals surface area contributed by atoms with Crippen LogP contribution in [0, 0.1) is 24.7 Å². The molecule has 0 spiro atoms. The Kier molecular flexibility index (Phi) is 12.9. The summed E-state index contributed by atoms with van der Waals surface area (Å²) in [5.74, 6) is 3.25. The van der Waals surface area contributed by atoms with Crippen LogP contribution in [-0.4, -0.2) is 62.8 Å². The van der Waals surface area contributed by atoms with Crippen molar-refractivity contribution in [3.8, 4) is 24.7 Å². The van der Waals surface area contributed by atoms with Crippen LogP contribution < -0.4 is 5.73 Å². The number of hydrogen-bond acceptors (Lipinski definition) is 4. The molecule has 2 saturated heterocycles. The summed E-state index contributed by atoms with van der Waals surface area (Å²) in [5, 5.41) is 8.88. The Morgan fingerprint density at radius 3 is 1.53 bits per heavy atom. The molecule has 0 aromatic rings. The van der Waals surface area contributed by atoms with Gasteiger partial charge in [0, 0.05) is 12.8 Å². The van der Waals surface area contributed by atoms with E-state index < -0.39 is 24.0 Å². The Morgan fingerprint density at radius 2 is 1.23 bits per heavy atom. The highest BCUT2D eigenvalue weighted by Gasteiger charge is 2.39. The van der Waals surface area contributed by atoms with Crippen LogP contribution >= 0.6 is 0 Å². The van der Waals surface area contributed by atoms with Crippen molar-refractivity contribution in [2.24, 2.45) is 5.73 Å². The van der Waals surface area contributed by atoms with Gasteiger partial charge in [-0.15, -0.1) is 12.8 Å². The van der Waals surface area contributed by atoms with Crippen molar-refractivity contribution in [2.75, 3.05) is 0 Å². The maximum Gasteiger partial charge on any atom is 0.326 e. The summed E-state index contributed by atoms with van der Waals surface area (Å²) in [5.41, 5.74) is 5.20. The Labute approximate surface area is 180 Å². The summed E-state index contributed by atoms with van der Waals surface area (Å²) in [6.45, 7) is 3.44. The van der Waals surface area contributed by atoms with Crippen molar-refractivity contribution in [3.05, 3.63) is 0 Å². The maximum absolute atomic E-state index is 11.5. The number of primary amides is 1. The Balaban J connectivity index is 0. The first kappa shape index (κ1) is 29.2. The lowest BCUT2D eigenvalue weighted by Crippen LogP contribution is -2.46. The number of aliphatic carboxylic acids is 1. The quantitative estimate of drug-likeness (QED) is 0.668. The van der Waals surface area contributed by atoms with Crippen LogP contribution in [-0.2, 0) is 19.2 Å². The fourth-order valence-electron chi connectivity index (χ4n) is 3.53. The predicted octanol–water partition coefficient (Wildman–Crippen LogP) is 1.62. The number of nitrogens with two attached hydrogens (primary N) is 1. The van der Waals surface area contributed by atoms with Gasteiger partial charge in [0.1, 0.15) is 12.1 Å². The number of amides is 3. The van der Waals surface area contributed by atoms with E-state index in [2.05, 4.69) is 11.8 Å². The highest BCUT2D eigenvalue weighted by atomic mass is 16.4. The molecule has 168 valence electrons. The van der Waals surface area contributed by atoms with Gasteiger partial charge in [0.05, 0.1) is 12.1 Å². The van der Waals surface area contributed by atoms with Crippen LogP contribution in [0.15, 0.2) is 0 Å². The third kappa shape index (κ3) is 6.52. The van der Waals surface area contributed by atoms with E-state index in [1.165, 1.54) is 9.80 Å². The zero-order valence-corrected chi connectivity index (χ0v) is 16.3. The summed E-state index contributed by atoms with van der Waals surface area (Å²) in [4.78, 5) is 47.6. The van der Waals surface area contributed by atoms with Crippen molar-refractivity contribution in [1.82, 2.24) is 9.80 Å². The lowest BCUT2D eigenvalue weighted by atomic mass is 10.2. The van der Waals surface area contributed by atoms with E-state index in [4.69, 9.17) is 23.7 Å². The highest BCUT2D eigenvalue weighted by molar-refractivity contribution is 5.87. The minimum absolute atomic E-state index is 0. The Hall–Kier alpha value is -3.00. The van der Waals surface area contributed by atoms with Gasteiger partial charge in [-0.1, -0.05) is 40.5 Å². The number of carboxylic acid groups (broad SMARTS) is 1. The van der Waals surface area contributed by atoms with E-state index >= 15 is 0 Å². The molecule has 2 heterocycles. The predicted molar refractivity (Wildman–Crippen MR) is 116 cm³/mol. The number of likely N-dealkylation sites (tertiary alicyclic amines) is 2. The van der Waals surface area contributed by atoms with Gasteiger partial charge < -0.3 is 20.6 Å². The molecule has 0 aliphatic carbocycles. The van der Waals surface area contributed by atoms with Crippen LogP contribution in [0.25, 0.3) is 0 Å². The third-order valence-electron chi connectivity index (χ3n) is 4.95. The Bertz CT molecular complexity index is 647. The zero-order chi connectivity index (χ0) is 21.4. The van der Waals surface area contributed by atoms with Gasteiger partial charge in [0.15, 0.2) is 0 Å². The second kappa shape index (κ2) is 13.3. The number of terminal acetylenes is 2. The second-order valence-electron chi connectivity index (χ2n) is 6.60. The van der Waals surface area contributed by atoms with Gasteiger partial charge in [0.2, 0.25) is 17.7 Å². The molecule has 0 saturated carbocycles. The molecule has 2 rings (SSSR count). The van der Waals surface area contributed by atoms with E-state index in [1.807, 2.05) is 0 Å². The van der Waals surface area contributed by atoms with Gasteiger partial charge in [0.25, 0.3) is 0 Å². The number of carbonyl (C=O) groups excluding carboxylic acids is 3. The average Bonchev–Trinajstić information content (AvgIpc) is 3.31. The molecule has 8 nitrogen and oxygen atoms in total. The SMILES string of the molecule is C.C.C#C[C@H]1CC[C@@H](C(=O)O)N1C(=O)CC.C#C[C@H]1CC[C@@H](C(N)=O)N1C(=O)CC. The van der Waals surface area contributed by atoms with Crippen molar-refractivity contribution in [3.63, 3.8) is 0 Å². The van der Waals surface area contributed by atoms with Crippen LogP contribution in [0.1, 0.15) is 67.2 Å². The van der Waals surface area contributed by atoms with Gasteiger partial charge in [-0.25, -0.2) is 4.79 Å². The summed E-state index contributed by atoms with van der Waals surface area (Å²) < 4.78 is 0. The van der Waals surface area contributed by atoms with Gasteiger partial charge in [-0.3, -0.25) is 14.4 Å². The molecule has 30 heavy (non-hydrogen) atoms. The maximum atomic E-state index is 11.5. The normalized spacial score (nSPS) is 24.1. The first-order valence-electron chi connectivity index (χ1n) is 9.30. The molecular formula is C22H35N3O5. The molecule has 0 aromatic heterocycles. The van der Waals surface area contributed by atoms with Crippen molar-refractivity contribution < 1.29 is 24.3 Å². The molecular weight excluding hydrogens is 386 g/mol. The number of hydrogen-bond donors (Lipinski definition) is 2. The monoisotopic (exact) mass is 421 g/mol. The average molecular weight is 422 g/mol. The molecule has 4 atom stereocenters. The van der Waals surface area contributed by atoms with Crippen LogP contribution in [0.2, 0.25) is 0 Å². The van der Waals surface area contributed by atoms with E-state index in [1.54, 1.807) is 13.8 Å². The lowest BCUT2D eigenvalue weighted by molar-refractivity contribution is -0.148. The molecule has 3 N–H and O–H groups in total. The standard InChI is InChI=1S/C10H14N2O2.C10H13NO3.2CH4/c1-3-7-5-6-8(10(11)14)12(7)9(13)4-2;1-3-7-5-6-8(10(13)14)11(7)9(12)4-2;;/h1,7-8H,4-6H2,2H3,(H2,11,14);1,7-8H,4-6H2,2H3,(H,13,14);2*1H4/t2*7-,8-;;/m00../s1. The molecule has 2 fully saturated rings. The van der Waals surface area contributed by atoms with E-state index in [0.717, 1.165) is 0 Å². The van der Waals surface area contributed by atoms with E-state index in [-0.39, 0.29) is 38.8 Å². The molecule has 2 aliphatic heterocycles. The van der Waals surface area contributed by atoms with E-state index in [0.29, 0.717) is 38.5 Å². The van der Waals surface area contributed by atoms with Crippen LogP contribution in [0.5, 0.6) is 0 Å². The van der Waals surface area contributed by atoms with Gasteiger partial charge >= 0.3 is 5.97 Å². The summed E-state index contributed by atoms with van der Waals surface area (Å²) >= 11 is 0. The zero-order valence-electron chi connectivity index (χ0n) is 16.3. The molecule has 0 radical (unpaired) electrons. The van der Waals surface area contributed by atoms with Gasteiger partial charge in [-0.2, -0.15) is 0 Å². The fraction of sp³-hybridized carbons (Fsp3) is 0.636. The number of carboxylic acids is 1. The molecule has 0 bridgehead atoms.